The van der Waals surface area contributed by atoms with E-state index in [1.807, 2.05) is 12.3 Å². The summed E-state index contributed by atoms with van der Waals surface area (Å²) in [4.78, 5) is 15.9. The number of hydrogen-bond donors (Lipinski definition) is 3. The molecule has 94 valence electrons. The molecular weight excluding hydrogens is 240 g/mol. The van der Waals surface area contributed by atoms with Gasteiger partial charge in [-0.3, -0.25) is 4.79 Å². The van der Waals surface area contributed by atoms with Gasteiger partial charge in [0, 0.05) is 5.38 Å². The lowest BCUT2D eigenvalue weighted by molar-refractivity contribution is -0.123. The molecule has 0 aliphatic carbocycles. The van der Waals surface area contributed by atoms with Gasteiger partial charge in [-0.2, -0.15) is 0 Å². The molecular formula is C10H16N4O2S. The molecule has 0 aliphatic rings. The van der Waals surface area contributed by atoms with Crippen LogP contribution in [0.25, 0.3) is 0 Å². The van der Waals surface area contributed by atoms with Gasteiger partial charge in [0.05, 0.1) is 23.7 Å². The number of oxime groups is 1. The number of carbonyl (C=O) groups excluding carboxylic acids is 1. The van der Waals surface area contributed by atoms with Gasteiger partial charge in [-0.25, -0.2) is 4.98 Å². The highest BCUT2D eigenvalue weighted by Gasteiger charge is 2.21. The predicted molar refractivity (Wildman–Crippen MR) is 65.8 cm³/mol. The third kappa shape index (κ3) is 4.03. The maximum absolute atomic E-state index is 11.8. The maximum Gasteiger partial charge on any atom is 0.231 e. The summed E-state index contributed by atoms with van der Waals surface area (Å²) < 4.78 is 0. The first kappa shape index (κ1) is 13.4. The zero-order valence-electron chi connectivity index (χ0n) is 9.59. The van der Waals surface area contributed by atoms with E-state index in [2.05, 4.69) is 15.5 Å². The lowest BCUT2D eigenvalue weighted by atomic mass is 10.0. The average Bonchev–Trinajstić information content (AvgIpc) is 2.85. The third-order valence-electron chi connectivity index (χ3n) is 2.29. The van der Waals surface area contributed by atoms with Crippen LogP contribution in [0.3, 0.4) is 0 Å². The molecule has 4 N–H and O–H groups in total. The lowest BCUT2D eigenvalue weighted by Crippen LogP contribution is -2.38. The van der Waals surface area contributed by atoms with Gasteiger partial charge >= 0.3 is 0 Å². The molecule has 0 aliphatic heterocycles. The zero-order valence-corrected chi connectivity index (χ0v) is 10.4. The second-order valence-corrected chi connectivity index (χ2v) is 4.28. The summed E-state index contributed by atoms with van der Waals surface area (Å²) in [7, 11) is 0. The van der Waals surface area contributed by atoms with Crippen molar-refractivity contribution in [3.8, 4) is 0 Å². The molecule has 0 saturated carbocycles. The zero-order chi connectivity index (χ0) is 12.7. The van der Waals surface area contributed by atoms with E-state index in [9.17, 15) is 4.79 Å². The highest BCUT2D eigenvalue weighted by molar-refractivity contribution is 7.07. The second kappa shape index (κ2) is 6.85. The first-order chi connectivity index (χ1) is 8.19. The highest BCUT2D eigenvalue weighted by Crippen LogP contribution is 2.08. The van der Waals surface area contributed by atoms with Gasteiger partial charge < -0.3 is 16.3 Å². The van der Waals surface area contributed by atoms with Gasteiger partial charge in [0.25, 0.3) is 0 Å². The SMILES string of the molecule is CCCC(C(=O)NCc1cscn1)C(N)=NO. The van der Waals surface area contributed by atoms with Crippen LogP contribution < -0.4 is 11.1 Å². The summed E-state index contributed by atoms with van der Waals surface area (Å²) in [5.74, 6) is -0.874. The molecule has 0 bridgehead atoms. The van der Waals surface area contributed by atoms with Crippen molar-refractivity contribution in [2.45, 2.75) is 26.3 Å². The van der Waals surface area contributed by atoms with Crippen molar-refractivity contribution >= 4 is 23.1 Å². The van der Waals surface area contributed by atoms with Crippen LogP contribution in [0.15, 0.2) is 16.0 Å². The minimum atomic E-state index is -0.580. The van der Waals surface area contributed by atoms with E-state index in [1.165, 1.54) is 11.3 Å². The predicted octanol–water partition coefficient (Wildman–Crippen LogP) is 0.922. The smallest absolute Gasteiger partial charge is 0.231 e. The van der Waals surface area contributed by atoms with E-state index in [4.69, 9.17) is 10.9 Å². The number of amides is 1. The Labute approximate surface area is 104 Å². The van der Waals surface area contributed by atoms with Crippen LogP contribution in [-0.2, 0) is 11.3 Å². The molecule has 1 aromatic heterocycles. The van der Waals surface area contributed by atoms with Crippen LogP contribution in [0, 0.1) is 5.92 Å². The van der Waals surface area contributed by atoms with Crippen molar-refractivity contribution in [2.24, 2.45) is 16.8 Å². The Balaban J connectivity index is 2.53. The van der Waals surface area contributed by atoms with Crippen LogP contribution in [0.4, 0.5) is 0 Å². The summed E-state index contributed by atoms with van der Waals surface area (Å²) in [5, 5.41) is 16.1. The molecule has 7 heteroatoms. The minimum absolute atomic E-state index is 0.0531. The van der Waals surface area contributed by atoms with Crippen molar-refractivity contribution in [1.29, 1.82) is 0 Å². The molecule has 1 unspecified atom stereocenters. The van der Waals surface area contributed by atoms with E-state index < -0.39 is 5.92 Å². The molecule has 0 spiro atoms. The Morgan fingerprint density at radius 2 is 2.53 bits per heavy atom. The molecule has 1 rings (SSSR count). The topological polar surface area (TPSA) is 101 Å². The standard InChI is InChI=1S/C10H16N4O2S/c1-2-3-8(9(11)14-16)10(15)12-4-7-5-17-6-13-7/h5-6,8,16H,2-4H2,1H3,(H2,11,14)(H,12,15). The van der Waals surface area contributed by atoms with Crippen LogP contribution in [0.1, 0.15) is 25.5 Å². The fourth-order valence-electron chi connectivity index (χ4n) is 1.40. The number of amidine groups is 1. The molecule has 17 heavy (non-hydrogen) atoms. The van der Waals surface area contributed by atoms with Gasteiger partial charge in [-0.05, 0) is 6.42 Å². The lowest BCUT2D eigenvalue weighted by Gasteiger charge is -2.13. The average molecular weight is 256 g/mol. The summed E-state index contributed by atoms with van der Waals surface area (Å²) in [5.41, 5.74) is 7.99. The van der Waals surface area contributed by atoms with Crippen molar-refractivity contribution in [3.05, 3.63) is 16.6 Å². The van der Waals surface area contributed by atoms with Gasteiger partial charge in [-0.1, -0.05) is 18.5 Å². The molecule has 1 aromatic rings. The summed E-state index contributed by atoms with van der Waals surface area (Å²) in [6.07, 6.45) is 1.34. The summed E-state index contributed by atoms with van der Waals surface area (Å²) >= 11 is 1.47. The number of carbonyl (C=O) groups is 1. The fourth-order valence-corrected chi connectivity index (χ4v) is 1.96. The Morgan fingerprint density at radius 3 is 3.06 bits per heavy atom. The van der Waals surface area contributed by atoms with Gasteiger partial charge in [0.2, 0.25) is 5.91 Å². The van der Waals surface area contributed by atoms with Crippen molar-refractivity contribution in [3.63, 3.8) is 0 Å². The quantitative estimate of drug-likeness (QED) is 0.305. The second-order valence-electron chi connectivity index (χ2n) is 3.56. The first-order valence-corrected chi connectivity index (χ1v) is 6.25. The molecule has 1 amide bonds. The van der Waals surface area contributed by atoms with E-state index in [1.54, 1.807) is 5.51 Å². The molecule has 0 radical (unpaired) electrons. The normalized spacial score (nSPS) is 13.4. The largest absolute Gasteiger partial charge is 0.409 e. The Bertz CT molecular complexity index is 378. The summed E-state index contributed by atoms with van der Waals surface area (Å²) in [6.45, 7) is 2.30. The van der Waals surface area contributed by atoms with Crippen molar-refractivity contribution < 1.29 is 10.0 Å². The molecule has 1 atom stereocenters. The monoisotopic (exact) mass is 256 g/mol. The number of nitrogens with zero attached hydrogens (tertiary/aromatic N) is 2. The van der Waals surface area contributed by atoms with Crippen LogP contribution in [0.2, 0.25) is 0 Å². The van der Waals surface area contributed by atoms with E-state index in [-0.39, 0.29) is 11.7 Å². The van der Waals surface area contributed by atoms with E-state index in [0.29, 0.717) is 13.0 Å². The number of nitrogens with two attached hydrogens (primary N) is 1. The summed E-state index contributed by atoms with van der Waals surface area (Å²) in [6, 6.07) is 0. The van der Waals surface area contributed by atoms with Gasteiger partial charge in [-0.15, -0.1) is 11.3 Å². The van der Waals surface area contributed by atoms with Crippen LogP contribution in [-0.4, -0.2) is 21.9 Å². The number of nitrogens with one attached hydrogen (secondary N) is 1. The number of rotatable bonds is 6. The van der Waals surface area contributed by atoms with Crippen LogP contribution in [0.5, 0.6) is 0 Å². The third-order valence-corrected chi connectivity index (χ3v) is 2.93. The van der Waals surface area contributed by atoms with E-state index in [0.717, 1.165) is 12.1 Å². The molecule has 0 saturated heterocycles. The minimum Gasteiger partial charge on any atom is -0.409 e. The van der Waals surface area contributed by atoms with Crippen molar-refractivity contribution in [1.82, 2.24) is 10.3 Å². The number of thiazole rings is 1. The highest BCUT2D eigenvalue weighted by atomic mass is 32.1. The Morgan fingerprint density at radius 1 is 1.76 bits per heavy atom. The van der Waals surface area contributed by atoms with Crippen molar-refractivity contribution in [2.75, 3.05) is 0 Å². The number of hydrogen-bond acceptors (Lipinski definition) is 5. The van der Waals surface area contributed by atoms with Gasteiger partial charge in [0.15, 0.2) is 5.84 Å². The molecule has 0 fully saturated rings. The fraction of sp³-hybridized carbons (Fsp3) is 0.500. The van der Waals surface area contributed by atoms with E-state index >= 15 is 0 Å². The van der Waals surface area contributed by atoms with Gasteiger partial charge in [0.1, 0.15) is 0 Å². The molecule has 1 heterocycles. The Hall–Kier alpha value is -1.63. The maximum atomic E-state index is 11.8. The molecule has 0 aromatic carbocycles. The Kier molecular flexibility index (Phi) is 5.41. The molecule has 6 nitrogen and oxygen atoms in total. The van der Waals surface area contributed by atoms with Crippen LogP contribution >= 0.6 is 11.3 Å². The first-order valence-electron chi connectivity index (χ1n) is 5.31. The number of aromatic nitrogens is 1.